The van der Waals surface area contributed by atoms with Crippen molar-refractivity contribution < 1.29 is 27.8 Å². The number of aryl methyl sites for hydroxylation is 1. The van der Waals surface area contributed by atoms with Crippen LogP contribution in [-0.4, -0.2) is 47.9 Å². The summed E-state index contributed by atoms with van der Waals surface area (Å²) in [5, 5.41) is 10.1. The maximum Gasteiger partial charge on any atom is 0.416 e. The average molecular weight is 553 g/mol. The van der Waals surface area contributed by atoms with E-state index in [-0.39, 0.29) is 23.7 Å². The molecule has 212 valence electrons. The summed E-state index contributed by atoms with van der Waals surface area (Å²) >= 11 is 0. The first kappa shape index (κ1) is 27.9. The maximum absolute atomic E-state index is 13.2. The molecule has 1 heterocycles. The van der Waals surface area contributed by atoms with Crippen molar-refractivity contribution in [3.63, 3.8) is 0 Å². The molecule has 3 aromatic rings. The van der Waals surface area contributed by atoms with Crippen molar-refractivity contribution in [2.75, 3.05) is 31.1 Å². The van der Waals surface area contributed by atoms with E-state index in [1.54, 1.807) is 29.2 Å². The molecular weight excluding hydrogens is 517 g/mol. The van der Waals surface area contributed by atoms with E-state index in [1.807, 2.05) is 26.8 Å². The van der Waals surface area contributed by atoms with E-state index in [0.29, 0.717) is 26.2 Å². The summed E-state index contributed by atoms with van der Waals surface area (Å²) < 4.78 is 45.1. The SMILES string of the molecule is CC(C)(C)OC(=O)N1CCN(c2ccc(C3c4ccc(O)cc4CCC3c3ccc(C(F)(F)F)cc3)cc2)CC1. The number of fused-ring (bicyclic) bond motifs is 1. The number of benzene rings is 3. The van der Waals surface area contributed by atoms with Crippen LogP contribution in [0.4, 0.5) is 23.7 Å². The molecule has 0 radical (unpaired) electrons. The Morgan fingerprint density at radius 2 is 1.50 bits per heavy atom. The molecule has 1 aliphatic heterocycles. The molecule has 5 rings (SSSR count). The second-order valence-corrected chi connectivity index (χ2v) is 11.7. The largest absolute Gasteiger partial charge is 0.508 e. The summed E-state index contributed by atoms with van der Waals surface area (Å²) in [6.07, 6.45) is -3.16. The van der Waals surface area contributed by atoms with Crippen molar-refractivity contribution in [2.45, 2.75) is 57.2 Å². The van der Waals surface area contributed by atoms with Crippen molar-refractivity contribution in [3.05, 3.63) is 94.5 Å². The number of phenols is 1. The van der Waals surface area contributed by atoms with E-state index in [9.17, 15) is 23.1 Å². The lowest BCUT2D eigenvalue weighted by Gasteiger charge is -2.37. The highest BCUT2D eigenvalue weighted by atomic mass is 19.4. The number of alkyl halides is 3. The molecule has 0 saturated carbocycles. The fourth-order valence-electron chi connectivity index (χ4n) is 5.86. The van der Waals surface area contributed by atoms with Gasteiger partial charge in [0, 0.05) is 37.8 Å². The Kier molecular flexibility index (Phi) is 7.46. The van der Waals surface area contributed by atoms with Gasteiger partial charge in [0.25, 0.3) is 0 Å². The van der Waals surface area contributed by atoms with Crippen molar-refractivity contribution in [1.29, 1.82) is 0 Å². The Hall–Kier alpha value is -3.68. The van der Waals surface area contributed by atoms with E-state index in [4.69, 9.17) is 4.74 Å². The summed E-state index contributed by atoms with van der Waals surface area (Å²) in [5.41, 5.74) is 3.99. The molecule has 0 spiro atoms. The van der Waals surface area contributed by atoms with Crippen LogP contribution in [0.15, 0.2) is 66.7 Å². The van der Waals surface area contributed by atoms with Crippen LogP contribution >= 0.6 is 0 Å². The topological polar surface area (TPSA) is 53.0 Å². The van der Waals surface area contributed by atoms with Gasteiger partial charge in [-0.15, -0.1) is 0 Å². The summed E-state index contributed by atoms with van der Waals surface area (Å²) in [5.74, 6) is 0.160. The molecule has 0 bridgehead atoms. The van der Waals surface area contributed by atoms with Gasteiger partial charge < -0.3 is 19.6 Å². The number of ether oxygens (including phenoxy) is 1. The minimum absolute atomic E-state index is 0.00236. The van der Waals surface area contributed by atoms with Gasteiger partial charge in [0.15, 0.2) is 0 Å². The first-order valence-corrected chi connectivity index (χ1v) is 13.7. The van der Waals surface area contributed by atoms with E-state index >= 15 is 0 Å². The van der Waals surface area contributed by atoms with Crippen molar-refractivity contribution in [3.8, 4) is 5.75 Å². The van der Waals surface area contributed by atoms with Crippen molar-refractivity contribution in [2.24, 2.45) is 0 Å². The molecule has 1 amide bonds. The fourth-order valence-corrected chi connectivity index (χ4v) is 5.86. The van der Waals surface area contributed by atoms with Crippen LogP contribution in [0, 0.1) is 0 Å². The third kappa shape index (κ3) is 6.06. The normalized spacial score (nSPS) is 19.8. The summed E-state index contributed by atoms with van der Waals surface area (Å²) in [4.78, 5) is 16.4. The molecule has 0 aromatic heterocycles. The van der Waals surface area contributed by atoms with Crippen LogP contribution in [0.25, 0.3) is 0 Å². The number of nitrogens with zero attached hydrogens (tertiary/aromatic N) is 2. The summed E-state index contributed by atoms with van der Waals surface area (Å²) in [6.45, 7) is 8.11. The minimum atomic E-state index is -4.37. The van der Waals surface area contributed by atoms with Crippen LogP contribution in [0.2, 0.25) is 0 Å². The van der Waals surface area contributed by atoms with Gasteiger partial charge >= 0.3 is 12.3 Å². The second kappa shape index (κ2) is 10.7. The molecule has 5 nitrogen and oxygen atoms in total. The predicted octanol–water partition coefficient (Wildman–Crippen LogP) is 7.33. The van der Waals surface area contributed by atoms with Gasteiger partial charge in [-0.05, 0) is 98.2 Å². The molecule has 8 heteroatoms. The number of amides is 1. The zero-order valence-corrected chi connectivity index (χ0v) is 23.0. The molecule has 2 unspecified atom stereocenters. The van der Waals surface area contributed by atoms with Crippen LogP contribution in [-0.2, 0) is 17.3 Å². The maximum atomic E-state index is 13.2. The van der Waals surface area contributed by atoms with Crippen LogP contribution in [0.3, 0.4) is 0 Å². The molecule has 1 fully saturated rings. The molecule has 1 saturated heterocycles. The Morgan fingerprint density at radius 1 is 0.875 bits per heavy atom. The first-order valence-electron chi connectivity index (χ1n) is 13.7. The number of phenolic OH excluding ortho intramolecular Hbond substituents is 1. The van der Waals surface area contributed by atoms with E-state index in [1.165, 1.54) is 12.1 Å². The zero-order chi connectivity index (χ0) is 28.7. The highest BCUT2D eigenvalue weighted by Crippen LogP contribution is 2.47. The van der Waals surface area contributed by atoms with E-state index < -0.39 is 17.3 Å². The molecule has 1 N–H and O–H groups in total. The van der Waals surface area contributed by atoms with Gasteiger partial charge in [-0.3, -0.25) is 0 Å². The van der Waals surface area contributed by atoms with Crippen LogP contribution < -0.4 is 4.90 Å². The van der Waals surface area contributed by atoms with E-state index in [0.717, 1.165) is 40.8 Å². The number of carbonyl (C=O) groups excluding carboxylic acids is 1. The first-order chi connectivity index (χ1) is 18.9. The highest BCUT2D eigenvalue weighted by molar-refractivity contribution is 5.68. The predicted molar refractivity (Wildman–Crippen MR) is 149 cm³/mol. The number of carbonyl (C=O) groups is 1. The number of piperazine rings is 1. The fraction of sp³-hybridized carbons (Fsp3) is 0.406. The summed E-state index contributed by atoms with van der Waals surface area (Å²) in [6, 6.07) is 19.3. The smallest absolute Gasteiger partial charge is 0.416 e. The number of aromatic hydroxyl groups is 1. The molecule has 2 atom stereocenters. The standard InChI is InChI=1S/C32H35F3N2O3/c1-31(2,3)40-30(39)37-18-16-36(17-19-37)25-11-6-22(7-12-25)29-27(14-8-23-20-26(38)13-15-28(23)29)21-4-9-24(10-5-21)32(33,34)35/h4-7,9-13,15,20,27,29,38H,8,14,16-19H2,1-3H3. The van der Waals surface area contributed by atoms with Gasteiger partial charge in [0.05, 0.1) is 5.56 Å². The molecule has 40 heavy (non-hydrogen) atoms. The monoisotopic (exact) mass is 552 g/mol. The number of rotatable bonds is 3. The third-order valence-electron chi connectivity index (χ3n) is 7.80. The van der Waals surface area contributed by atoms with Crippen molar-refractivity contribution in [1.82, 2.24) is 4.90 Å². The van der Waals surface area contributed by atoms with Crippen LogP contribution in [0.5, 0.6) is 5.75 Å². The lowest BCUT2D eigenvalue weighted by molar-refractivity contribution is -0.137. The Morgan fingerprint density at radius 3 is 2.10 bits per heavy atom. The van der Waals surface area contributed by atoms with E-state index in [2.05, 4.69) is 29.2 Å². The van der Waals surface area contributed by atoms with Crippen molar-refractivity contribution >= 4 is 11.8 Å². The number of hydrogen-bond donors (Lipinski definition) is 1. The highest BCUT2D eigenvalue weighted by Gasteiger charge is 2.34. The van der Waals surface area contributed by atoms with Gasteiger partial charge in [0.2, 0.25) is 0 Å². The lowest BCUT2D eigenvalue weighted by Crippen LogP contribution is -2.50. The van der Waals surface area contributed by atoms with Crippen LogP contribution in [0.1, 0.15) is 66.8 Å². The van der Waals surface area contributed by atoms with Gasteiger partial charge in [-0.25, -0.2) is 4.79 Å². The van der Waals surface area contributed by atoms with Gasteiger partial charge in [-0.1, -0.05) is 30.3 Å². The molecule has 2 aliphatic rings. The Labute approximate surface area is 233 Å². The summed E-state index contributed by atoms with van der Waals surface area (Å²) in [7, 11) is 0. The van der Waals surface area contributed by atoms with Gasteiger partial charge in [0.1, 0.15) is 11.4 Å². The molecule has 1 aliphatic carbocycles. The molecule has 3 aromatic carbocycles. The van der Waals surface area contributed by atoms with Gasteiger partial charge in [-0.2, -0.15) is 13.2 Å². The molecular formula is C32H35F3N2O3. The quantitative estimate of drug-likeness (QED) is 0.370. The zero-order valence-electron chi connectivity index (χ0n) is 23.0. The second-order valence-electron chi connectivity index (χ2n) is 11.7. The number of halogens is 3. The lowest BCUT2D eigenvalue weighted by atomic mass is 9.69. The number of anilines is 1. The third-order valence-corrected chi connectivity index (χ3v) is 7.80. The average Bonchev–Trinajstić information content (AvgIpc) is 2.91. The minimum Gasteiger partial charge on any atom is -0.508 e. The Balaban J connectivity index is 1.37. The Bertz CT molecular complexity index is 1340. The number of hydrogen-bond acceptors (Lipinski definition) is 4.